The van der Waals surface area contributed by atoms with Crippen molar-refractivity contribution in [2.45, 2.75) is 9.92 Å². The van der Waals surface area contributed by atoms with E-state index in [1.165, 1.54) is 23.9 Å². The van der Waals surface area contributed by atoms with Gasteiger partial charge in [-0.25, -0.2) is 4.98 Å². The normalized spacial score (nSPS) is 10.2. The molecule has 0 amide bonds. The van der Waals surface area contributed by atoms with Gasteiger partial charge in [0, 0.05) is 17.0 Å². The second-order valence-electron chi connectivity index (χ2n) is 3.15. The number of benzene rings is 1. The van der Waals surface area contributed by atoms with Crippen LogP contribution in [0.25, 0.3) is 0 Å². The van der Waals surface area contributed by atoms with Gasteiger partial charge in [0.1, 0.15) is 10.2 Å². The van der Waals surface area contributed by atoms with Crippen molar-refractivity contribution in [2.75, 3.05) is 0 Å². The molecule has 0 bridgehead atoms. The lowest BCUT2D eigenvalue weighted by Crippen LogP contribution is -1.86. The summed E-state index contributed by atoms with van der Waals surface area (Å²) in [6.07, 6.45) is 0. The van der Waals surface area contributed by atoms with Gasteiger partial charge in [0.25, 0.3) is 5.69 Å². The van der Waals surface area contributed by atoms with Crippen LogP contribution < -0.4 is 0 Å². The standard InChI is InChI=1S/C11H7ClN2O2S/c12-10-2-1-3-11(13-10)17-9-6-4-8(5-7-9)14(15)16/h1-7H. The fourth-order valence-electron chi connectivity index (χ4n) is 1.20. The van der Waals surface area contributed by atoms with E-state index in [1.807, 2.05) is 12.1 Å². The Labute approximate surface area is 107 Å². The molecule has 0 radical (unpaired) electrons. The van der Waals surface area contributed by atoms with Gasteiger partial charge in [-0.15, -0.1) is 0 Å². The number of hydrogen-bond donors (Lipinski definition) is 0. The van der Waals surface area contributed by atoms with Crippen molar-refractivity contribution in [3.63, 3.8) is 0 Å². The summed E-state index contributed by atoms with van der Waals surface area (Å²) in [5, 5.41) is 11.7. The van der Waals surface area contributed by atoms with E-state index >= 15 is 0 Å². The first-order chi connectivity index (χ1) is 8.15. The van der Waals surface area contributed by atoms with Gasteiger partial charge in [0.15, 0.2) is 0 Å². The number of nitrogens with zero attached hydrogens (tertiary/aromatic N) is 2. The zero-order valence-electron chi connectivity index (χ0n) is 8.54. The Morgan fingerprint density at radius 1 is 1.18 bits per heavy atom. The molecule has 0 aliphatic carbocycles. The van der Waals surface area contributed by atoms with Crippen LogP contribution in [0.4, 0.5) is 5.69 Å². The molecule has 86 valence electrons. The average Bonchev–Trinajstić information content (AvgIpc) is 2.29. The summed E-state index contributed by atoms with van der Waals surface area (Å²) < 4.78 is 0. The van der Waals surface area contributed by atoms with Gasteiger partial charge in [-0.2, -0.15) is 0 Å². The monoisotopic (exact) mass is 266 g/mol. The molecule has 17 heavy (non-hydrogen) atoms. The molecule has 0 spiro atoms. The number of pyridine rings is 1. The molecule has 0 saturated heterocycles. The molecule has 0 unspecified atom stereocenters. The first kappa shape index (κ1) is 11.9. The molecule has 4 nitrogen and oxygen atoms in total. The summed E-state index contributed by atoms with van der Waals surface area (Å²) in [6, 6.07) is 11.6. The van der Waals surface area contributed by atoms with Gasteiger partial charge < -0.3 is 0 Å². The van der Waals surface area contributed by atoms with Crippen LogP contribution in [-0.4, -0.2) is 9.91 Å². The van der Waals surface area contributed by atoms with Gasteiger partial charge in [-0.3, -0.25) is 10.1 Å². The summed E-state index contributed by atoms with van der Waals surface area (Å²) in [4.78, 5) is 15.1. The first-order valence-electron chi connectivity index (χ1n) is 4.70. The molecular formula is C11H7ClN2O2S. The molecule has 1 aromatic carbocycles. The SMILES string of the molecule is O=[N+]([O-])c1ccc(Sc2cccc(Cl)n2)cc1. The molecule has 0 N–H and O–H groups in total. The largest absolute Gasteiger partial charge is 0.269 e. The van der Waals surface area contributed by atoms with Crippen molar-refractivity contribution in [1.82, 2.24) is 4.98 Å². The third kappa shape index (κ3) is 3.18. The van der Waals surface area contributed by atoms with Crippen LogP contribution >= 0.6 is 23.4 Å². The van der Waals surface area contributed by atoms with Crippen molar-refractivity contribution in [3.05, 3.63) is 57.7 Å². The smallest absolute Gasteiger partial charge is 0.258 e. The Hall–Kier alpha value is -1.59. The van der Waals surface area contributed by atoms with Gasteiger partial charge in [0.2, 0.25) is 0 Å². The van der Waals surface area contributed by atoms with Crippen LogP contribution in [0.1, 0.15) is 0 Å². The van der Waals surface area contributed by atoms with Crippen molar-refractivity contribution < 1.29 is 4.92 Å². The van der Waals surface area contributed by atoms with E-state index in [0.717, 1.165) is 9.92 Å². The minimum absolute atomic E-state index is 0.0772. The maximum absolute atomic E-state index is 10.5. The Morgan fingerprint density at radius 3 is 2.47 bits per heavy atom. The molecule has 2 aromatic rings. The number of halogens is 1. The quantitative estimate of drug-likeness (QED) is 0.482. The van der Waals surface area contributed by atoms with E-state index in [4.69, 9.17) is 11.6 Å². The number of hydrogen-bond acceptors (Lipinski definition) is 4. The molecular weight excluding hydrogens is 260 g/mol. The van der Waals surface area contributed by atoms with Gasteiger partial charge in [-0.1, -0.05) is 29.4 Å². The fourth-order valence-corrected chi connectivity index (χ4v) is 2.22. The van der Waals surface area contributed by atoms with Crippen molar-refractivity contribution in [1.29, 1.82) is 0 Å². The summed E-state index contributed by atoms with van der Waals surface area (Å²) in [7, 11) is 0. The molecule has 0 fully saturated rings. The molecule has 6 heteroatoms. The maximum atomic E-state index is 10.5. The number of aromatic nitrogens is 1. The predicted octanol–water partition coefficient (Wildman–Crippen LogP) is 3.79. The van der Waals surface area contributed by atoms with Gasteiger partial charge in [-0.05, 0) is 24.3 Å². The van der Waals surface area contributed by atoms with E-state index in [0.29, 0.717) is 5.15 Å². The van der Waals surface area contributed by atoms with E-state index in [1.54, 1.807) is 18.2 Å². The van der Waals surface area contributed by atoms with Crippen molar-refractivity contribution >= 4 is 29.1 Å². The second-order valence-corrected chi connectivity index (χ2v) is 4.63. The minimum atomic E-state index is -0.425. The molecule has 1 aromatic heterocycles. The highest BCUT2D eigenvalue weighted by Gasteiger charge is 2.05. The molecule has 0 aliphatic rings. The predicted molar refractivity (Wildman–Crippen MR) is 66.5 cm³/mol. The number of rotatable bonds is 3. The van der Waals surface area contributed by atoms with E-state index < -0.39 is 4.92 Å². The van der Waals surface area contributed by atoms with Crippen LogP contribution in [0, 0.1) is 10.1 Å². The molecule has 2 rings (SSSR count). The summed E-state index contributed by atoms with van der Waals surface area (Å²) >= 11 is 7.17. The fraction of sp³-hybridized carbons (Fsp3) is 0. The van der Waals surface area contributed by atoms with E-state index in [2.05, 4.69) is 4.98 Å². The van der Waals surface area contributed by atoms with Crippen molar-refractivity contribution in [2.24, 2.45) is 0 Å². The summed E-state index contributed by atoms with van der Waals surface area (Å²) in [5.41, 5.74) is 0.0772. The van der Waals surface area contributed by atoms with Crippen LogP contribution in [0.15, 0.2) is 52.4 Å². The lowest BCUT2D eigenvalue weighted by atomic mass is 10.3. The van der Waals surface area contributed by atoms with Crippen LogP contribution in [-0.2, 0) is 0 Å². The van der Waals surface area contributed by atoms with Crippen LogP contribution in [0.2, 0.25) is 5.15 Å². The highest BCUT2D eigenvalue weighted by atomic mass is 35.5. The minimum Gasteiger partial charge on any atom is -0.258 e. The van der Waals surface area contributed by atoms with E-state index in [-0.39, 0.29) is 5.69 Å². The average molecular weight is 267 g/mol. The molecule has 0 saturated carbocycles. The molecule has 0 aliphatic heterocycles. The molecule has 0 atom stereocenters. The zero-order valence-corrected chi connectivity index (χ0v) is 10.1. The number of nitro benzene ring substituents is 1. The third-order valence-corrected chi connectivity index (χ3v) is 3.11. The van der Waals surface area contributed by atoms with E-state index in [9.17, 15) is 10.1 Å². The van der Waals surface area contributed by atoms with Crippen molar-refractivity contribution in [3.8, 4) is 0 Å². The van der Waals surface area contributed by atoms with Crippen LogP contribution in [0.5, 0.6) is 0 Å². The maximum Gasteiger partial charge on any atom is 0.269 e. The Balaban J connectivity index is 2.16. The van der Waals surface area contributed by atoms with Gasteiger partial charge >= 0.3 is 0 Å². The van der Waals surface area contributed by atoms with Crippen LogP contribution in [0.3, 0.4) is 0 Å². The third-order valence-electron chi connectivity index (χ3n) is 1.96. The number of non-ortho nitro benzene ring substituents is 1. The lowest BCUT2D eigenvalue weighted by molar-refractivity contribution is -0.384. The zero-order chi connectivity index (χ0) is 12.3. The highest BCUT2D eigenvalue weighted by molar-refractivity contribution is 7.99. The Bertz CT molecular complexity index is 545. The Morgan fingerprint density at radius 2 is 1.88 bits per heavy atom. The second kappa shape index (κ2) is 5.16. The summed E-state index contributed by atoms with van der Waals surface area (Å²) in [6.45, 7) is 0. The summed E-state index contributed by atoms with van der Waals surface area (Å²) in [5.74, 6) is 0. The topological polar surface area (TPSA) is 56.0 Å². The molecule has 1 heterocycles. The lowest BCUT2D eigenvalue weighted by Gasteiger charge is -2.00. The Kier molecular flexibility index (Phi) is 3.61. The van der Waals surface area contributed by atoms with Gasteiger partial charge in [0.05, 0.1) is 4.92 Å². The first-order valence-corrected chi connectivity index (χ1v) is 5.89. The number of nitro groups is 1. The highest BCUT2D eigenvalue weighted by Crippen LogP contribution is 2.28.